The Balaban J connectivity index is 2.85. The predicted molar refractivity (Wildman–Crippen MR) is 60.2 cm³/mol. The number of rotatable bonds is 0. The second kappa shape index (κ2) is 5.18. The van der Waals surface area contributed by atoms with Crippen LogP contribution in [-0.4, -0.2) is 47.2 Å². The van der Waals surface area contributed by atoms with E-state index in [4.69, 9.17) is 0 Å². The van der Waals surface area contributed by atoms with Gasteiger partial charge in [0.15, 0.2) is 5.17 Å². The molecule has 0 radical (unpaired) electrons. The molecule has 2 nitrogen and oxygen atoms in total. The molecule has 0 aliphatic carbocycles. The highest BCUT2D eigenvalue weighted by atomic mass is 32.2. The SMILES string of the molecule is FC(=C1SC2=NCCCN2C1(C(F)(F)F)C(F)(F)F)C(F)(F)F. The summed E-state index contributed by atoms with van der Waals surface area (Å²) in [7, 11) is 0. The second-order valence-electron chi connectivity index (χ2n) is 4.62. The van der Waals surface area contributed by atoms with E-state index in [0.717, 1.165) is 0 Å². The van der Waals surface area contributed by atoms with Crippen molar-refractivity contribution in [1.29, 1.82) is 0 Å². The summed E-state index contributed by atoms with van der Waals surface area (Å²) < 4.78 is 131. The minimum absolute atomic E-state index is 0.161. The predicted octanol–water partition coefficient (Wildman–Crippen LogP) is 4.40. The summed E-state index contributed by atoms with van der Waals surface area (Å²) in [6.45, 7) is -1.01. The van der Waals surface area contributed by atoms with Crippen LogP contribution in [-0.2, 0) is 0 Å². The van der Waals surface area contributed by atoms with Gasteiger partial charge in [-0.05, 0) is 6.42 Å². The topological polar surface area (TPSA) is 15.6 Å². The van der Waals surface area contributed by atoms with Crippen molar-refractivity contribution in [3.8, 4) is 0 Å². The van der Waals surface area contributed by atoms with Crippen molar-refractivity contribution in [2.75, 3.05) is 13.1 Å². The van der Waals surface area contributed by atoms with Gasteiger partial charge in [0, 0.05) is 13.1 Å². The van der Waals surface area contributed by atoms with Gasteiger partial charge >= 0.3 is 18.5 Å². The van der Waals surface area contributed by atoms with Crippen LogP contribution in [0.1, 0.15) is 6.42 Å². The van der Waals surface area contributed by atoms with E-state index in [1.54, 1.807) is 0 Å². The third kappa shape index (κ3) is 2.56. The van der Waals surface area contributed by atoms with E-state index in [-0.39, 0.29) is 17.9 Å². The molecule has 2 heterocycles. The Bertz CT molecular complexity index is 541. The molecule has 1 fully saturated rings. The van der Waals surface area contributed by atoms with E-state index in [9.17, 15) is 43.9 Å². The average molecular weight is 376 g/mol. The van der Waals surface area contributed by atoms with Crippen molar-refractivity contribution in [2.45, 2.75) is 30.5 Å². The highest BCUT2D eigenvalue weighted by molar-refractivity contribution is 8.17. The van der Waals surface area contributed by atoms with Crippen LogP contribution in [0.2, 0.25) is 0 Å². The molecule has 132 valence electrons. The summed E-state index contributed by atoms with van der Waals surface area (Å²) in [5.74, 6) is -3.42. The lowest BCUT2D eigenvalue weighted by Crippen LogP contribution is -2.67. The quantitative estimate of drug-likeness (QED) is 0.583. The van der Waals surface area contributed by atoms with Crippen LogP contribution in [0.5, 0.6) is 0 Å². The maximum absolute atomic E-state index is 13.5. The molecule has 2 aliphatic rings. The Labute approximate surface area is 126 Å². The standard InChI is InChI=1S/C10H6F10N2S/c11-4(8(12,13)14)5-7(9(15,16)17,10(18,19)20)22-3-1-2-21-6(22)23-5/h1-3H2. The Morgan fingerprint density at radius 3 is 1.96 bits per heavy atom. The van der Waals surface area contributed by atoms with Crippen molar-refractivity contribution >= 4 is 16.9 Å². The number of hydrogen-bond donors (Lipinski definition) is 0. The van der Waals surface area contributed by atoms with E-state index >= 15 is 0 Å². The van der Waals surface area contributed by atoms with Gasteiger partial charge in [0.25, 0.3) is 5.54 Å². The van der Waals surface area contributed by atoms with Gasteiger partial charge in [-0.3, -0.25) is 4.99 Å². The van der Waals surface area contributed by atoms with Gasteiger partial charge in [0.1, 0.15) is 0 Å². The molecule has 0 aromatic heterocycles. The second-order valence-corrected chi connectivity index (χ2v) is 5.60. The first-order valence-corrected chi connectivity index (χ1v) is 6.67. The first kappa shape index (κ1) is 18.2. The molecule has 0 unspecified atom stereocenters. The first-order valence-electron chi connectivity index (χ1n) is 5.85. The van der Waals surface area contributed by atoms with Crippen LogP contribution in [0.15, 0.2) is 15.7 Å². The van der Waals surface area contributed by atoms with E-state index in [0.29, 0.717) is 0 Å². The Morgan fingerprint density at radius 2 is 1.52 bits per heavy atom. The Kier molecular flexibility index (Phi) is 4.10. The molecule has 0 bridgehead atoms. The largest absolute Gasteiger partial charge is 0.443 e. The van der Waals surface area contributed by atoms with Crippen LogP contribution >= 0.6 is 11.8 Å². The number of halogens is 10. The zero-order chi connectivity index (χ0) is 17.8. The molecule has 0 spiro atoms. The maximum atomic E-state index is 13.5. The fourth-order valence-electron chi connectivity index (χ4n) is 2.33. The van der Waals surface area contributed by atoms with E-state index in [1.807, 2.05) is 0 Å². The van der Waals surface area contributed by atoms with Crippen LogP contribution in [0.25, 0.3) is 0 Å². The van der Waals surface area contributed by atoms with E-state index in [1.165, 1.54) is 0 Å². The molecular weight excluding hydrogens is 370 g/mol. The van der Waals surface area contributed by atoms with Crippen molar-refractivity contribution in [2.24, 2.45) is 4.99 Å². The van der Waals surface area contributed by atoms with Crippen LogP contribution < -0.4 is 0 Å². The number of hydrogen-bond acceptors (Lipinski definition) is 3. The third-order valence-electron chi connectivity index (χ3n) is 3.21. The first-order chi connectivity index (χ1) is 10.2. The monoisotopic (exact) mass is 376 g/mol. The zero-order valence-corrected chi connectivity index (χ0v) is 11.5. The number of thioether (sulfide) groups is 1. The summed E-state index contributed by atoms with van der Waals surface area (Å²) in [6.07, 6.45) is -18.7. The molecule has 2 rings (SSSR count). The molecule has 23 heavy (non-hydrogen) atoms. The molecule has 0 saturated carbocycles. The number of nitrogens with zero attached hydrogens (tertiary/aromatic N) is 2. The van der Waals surface area contributed by atoms with Crippen LogP contribution in [0.3, 0.4) is 0 Å². The van der Waals surface area contributed by atoms with Gasteiger partial charge in [0.2, 0.25) is 5.83 Å². The van der Waals surface area contributed by atoms with Gasteiger partial charge < -0.3 is 4.90 Å². The van der Waals surface area contributed by atoms with Gasteiger partial charge in [-0.15, -0.1) is 0 Å². The minimum Gasteiger partial charge on any atom is -0.325 e. The highest BCUT2D eigenvalue weighted by Gasteiger charge is 2.80. The zero-order valence-electron chi connectivity index (χ0n) is 10.7. The molecule has 13 heteroatoms. The molecule has 1 saturated heterocycles. The normalized spacial score (nSPS) is 24.4. The van der Waals surface area contributed by atoms with Crippen molar-refractivity contribution in [1.82, 2.24) is 4.90 Å². The summed E-state index contributed by atoms with van der Waals surface area (Å²) in [4.78, 5) is 0.526. The van der Waals surface area contributed by atoms with Crippen molar-refractivity contribution < 1.29 is 43.9 Å². The fraction of sp³-hybridized carbons (Fsp3) is 0.700. The molecule has 0 aromatic rings. The van der Waals surface area contributed by atoms with Gasteiger partial charge in [-0.25, -0.2) is 4.39 Å². The van der Waals surface area contributed by atoms with Crippen LogP contribution in [0.4, 0.5) is 43.9 Å². The highest BCUT2D eigenvalue weighted by Crippen LogP contribution is 2.62. The number of aliphatic imine (C=N–C) groups is 1. The van der Waals surface area contributed by atoms with E-state index < -0.39 is 58.3 Å². The molecule has 0 atom stereocenters. The lowest BCUT2D eigenvalue weighted by Gasteiger charge is -2.42. The smallest absolute Gasteiger partial charge is 0.325 e. The van der Waals surface area contributed by atoms with Gasteiger partial charge in [0.05, 0.1) is 4.91 Å². The minimum atomic E-state index is -6.23. The summed E-state index contributed by atoms with van der Waals surface area (Å²) in [6, 6.07) is 0. The molecular formula is C10H6F10N2S. The number of alkyl halides is 9. The van der Waals surface area contributed by atoms with Gasteiger partial charge in [-0.2, -0.15) is 39.5 Å². The van der Waals surface area contributed by atoms with Gasteiger partial charge in [-0.1, -0.05) is 11.8 Å². The summed E-state index contributed by atoms with van der Waals surface area (Å²) in [5, 5.41) is -0.930. The molecule has 0 N–H and O–H groups in total. The molecule has 0 aromatic carbocycles. The lowest BCUT2D eigenvalue weighted by molar-refractivity contribution is -0.313. The Hall–Kier alpha value is -1.14. The maximum Gasteiger partial charge on any atom is 0.443 e. The molecule has 0 amide bonds. The van der Waals surface area contributed by atoms with Crippen molar-refractivity contribution in [3.63, 3.8) is 0 Å². The fourth-order valence-corrected chi connectivity index (χ4v) is 3.70. The average Bonchev–Trinajstić information content (AvgIpc) is 2.71. The lowest BCUT2D eigenvalue weighted by atomic mass is 9.93. The van der Waals surface area contributed by atoms with E-state index in [2.05, 4.69) is 4.99 Å². The Morgan fingerprint density at radius 1 is 1.00 bits per heavy atom. The molecule has 2 aliphatic heterocycles. The number of amidine groups is 1. The number of allylic oxidation sites excluding steroid dienone is 1. The third-order valence-corrected chi connectivity index (χ3v) is 4.42. The number of fused-ring (bicyclic) bond motifs is 1. The van der Waals surface area contributed by atoms with Crippen LogP contribution in [0, 0.1) is 0 Å². The summed E-state index contributed by atoms with van der Waals surface area (Å²) >= 11 is -0.589. The van der Waals surface area contributed by atoms with Crippen molar-refractivity contribution in [3.05, 3.63) is 10.7 Å². The summed E-state index contributed by atoms with van der Waals surface area (Å²) in [5.41, 5.74) is -5.09.